The van der Waals surface area contributed by atoms with E-state index in [1.807, 2.05) is 0 Å². The largest absolute Gasteiger partial charge is 0.497 e. The van der Waals surface area contributed by atoms with Crippen molar-refractivity contribution in [1.29, 1.82) is 0 Å². The SMILES string of the molecule is COc1ccc(C(CSC(C)(C)C(=O)O)[N+](=O)[O-])cc1. The number of methoxy groups -OCH3 is 1. The van der Waals surface area contributed by atoms with Crippen LogP contribution in [0.4, 0.5) is 0 Å². The van der Waals surface area contributed by atoms with Crippen molar-refractivity contribution in [2.75, 3.05) is 12.9 Å². The Bertz CT molecular complexity index is 486. The number of carboxylic acids is 1. The van der Waals surface area contributed by atoms with Crippen molar-refractivity contribution in [3.63, 3.8) is 0 Å². The molecule has 0 amide bonds. The second-order valence-corrected chi connectivity index (χ2v) is 6.34. The number of thioether (sulfide) groups is 1. The fourth-order valence-corrected chi connectivity index (χ4v) is 2.47. The van der Waals surface area contributed by atoms with E-state index in [0.29, 0.717) is 11.3 Å². The number of carboxylic acid groups (broad SMARTS) is 1. The zero-order valence-corrected chi connectivity index (χ0v) is 12.3. The molecule has 0 aliphatic carbocycles. The van der Waals surface area contributed by atoms with E-state index < -0.39 is 21.7 Å². The molecule has 0 aliphatic rings. The van der Waals surface area contributed by atoms with Crippen molar-refractivity contribution in [3.05, 3.63) is 39.9 Å². The van der Waals surface area contributed by atoms with Crippen molar-refractivity contribution in [2.45, 2.75) is 24.6 Å². The zero-order valence-electron chi connectivity index (χ0n) is 11.5. The van der Waals surface area contributed by atoms with E-state index in [0.717, 1.165) is 11.8 Å². The molecule has 20 heavy (non-hydrogen) atoms. The van der Waals surface area contributed by atoms with Crippen molar-refractivity contribution >= 4 is 17.7 Å². The van der Waals surface area contributed by atoms with Gasteiger partial charge in [0.1, 0.15) is 10.5 Å². The molecule has 1 N–H and O–H groups in total. The van der Waals surface area contributed by atoms with E-state index in [1.165, 1.54) is 21.0 Å². The summed E-state index contributed by atoms with van der Waals surface area (Å²) >= 11 is 1.06. The van der Waals surface area contributed by atoms with Crippen LogP contribution < -0.4 is 4.74 Å². The Kier molecular flexibility index (Phi) is 5.38. The fraction of sp³-hybridized carbons (Fsp3) is 0.462. The van der Waals surface area contributed by atoms with Gasteiger partial charge in [-0.3, -0.25) is 14.9 Å². The molecule has 0 saturated carbocycles. The Morgan fingerprint density at radius 1 is 1.45 bits per heavy atom. The molecule has 0 radical (unpaired) electrons. The number of nitrogens with zero attached hydrogens (tertiary/aromatic N) is 1. The van der Waals surface area contributed by atoms with Gasteiger partial charge in [0.2, 0.25) is 6.04 Å². The summed E-state index contributed by atoms with van der Waals surface area (Å²) in [6, 6.07) is 5.61. The molecule has 1 unspecified atom stereocenters. The number of carbonyl (C=O) groups is 1. The minimum Gasteiger partial charge on any atom is -0.497 e. The van der Waals surface area contributed by atoms with Crippen molar-refractivity contribution in [3.8, 4) is 5.75 Å². The Labute approximate surface area is 121 Å². The third-order valence-corrected chi connectivity index (χ3v) is 4.25. The molecule has 0 saturated heterocycles. The number of hydrogen-bond acceptors (Lipinski definition) is 5. The molecule has 7 heteroatoms. The smallest absolute Gasteiger partial charge is 0.319 e. The molecule has 0 spiro atoms. The van der Waals surface area contributed by atoms with E-state index in [1.54, 1.807) is 24.3 Å². The molecule has 6 nitrogen and oxygen atoms in total. The van der Waals surface area contributed by atoms with Crippen molar-refractivity contribution < 1.29 is 19.6 Å². The third-order valence-electron chi connectivity index (χ3n) is 2.87. The fourth-order valence-electron chi connectivity index (χ4n) is 1.45. The molecule has 0 fully saturated rings. The lowest BCUT2D eigenvalue weighted by atomic mass is 10.1. The molecule has 1 rings (SSSR count). The number of ether oxygens (including phenoxy) is 1. The number of nitro groups is 1. The number of hydrogen-bond donors (Lipinski definition) is 1. The van der Waals surface area contributed by atoms with E-state index in [4.69, 9.17) is 9.84 Å². The summed E-state index contributed by atoms with van der Waals surface area (Å²) in [5.41, 5.74) is 0.532. The first-order valence-electron chi connectivity index (χ1n) is 5.92. The Morgan fingerprint density at radius 2 is 2.00 bits per heavy atom. The van der Waals surface area contributed by atoms with Crippen molar-refractivity contribution in [1.82, 2.24) is 0 Å². The first-order valence-corrected chi connectivity index (χ1v) is 6.91. The molecule has 0 aromatic heterocycles. The van der Waals surface area contributed by atoms with Crippen LogP contribution in [0.5, 0.6) is 5.75 Å². The summed E-state index contributed by atoms with van der Waals surface area (Å²) in [5.74, 6) is -0.271. The molecule has 0 bridgehead atoms. The van der Waals surface area contributed by atoms with Crippen LogP contribution in [-0.2, 0) is 4.79 Å². The standard InChI is InChI=1S/C13H17NO5S/c1-13(2,12(15)16)20-8-11(14(17)18)9-4-6-10(19-3)7-5-9/h4-7,11H,8H2,1-3H3,(H,15,16). The van der Waals surface area contributed by atoms with Gasteiger partial charge >= 0.3 is 5.97 Å². The lowest BCUT2D eigenvalue weighted by Gasteiger charge is -2.19. The normalized spacial score (nSPS) is 12.8. The van der Waals surface area contributed by atoms with Crippen LogP contribution >= 0.6 is 11.8 Å². The van der Waals surface area contributed by atoms with Crippen molar-refractivity contribution in [2.24, 2.45) is 0 Å². The number of rotatable bonds is 7. The van der Waals surface area contributed by atoms with Gasteiger partial charge in [-0.2, -0.15) is 0 Å². The zero-order chi connectivity index (χ0) is 15.3. The van der Waals surface area contributed by atoms with Crippen LogP contribution in [0.1, 0.15) is 25.5 Å². The highest BCUT2D eigenvalue weighted by Crippen LogP contribution is 2.31. The van der Waals surface area contributed by atoms with Crippen LogP contribution in [0.25, 0.3) is 0 Å². The van der Waals surface area contributed by atoms with Gasteiger partial charge < -0.3 is 9.84 Å². The van der Waals surface area contributed by atoms with Crippen LogP contribution in [-0.4, -0.2) is 33.6 Å². The maximum absolute atomic E-state index is 11.2. The predicted octanol–water partition coefficient (Wildman–Crippen LogP) is 2.61. The van der Waals surface area contributed by atoms with E-state index >= 15 is 0 Å². The van der Waals surface area contributed by atoms with Gasteiger partial charge in [-0.1, -0.05) is 0 Å². The van der Waals surface area contributed by atoms with Crippen LogP contribution in [0.3, 0.4) is 0 Å². The number of benzene rings is 1. The van der Waals surface area contributed by atoms with Gasteiger partial charge in [-0.05, 0) is 38.1 Å². The number of aliphatic carboxylic acids is 1. The lowest BCUT2D eigenvalue weighted by Crippen LogP contribution is -2.29. The average Bonchev–Trinajstić information content (AvgIpc) is 2.39. The highest BCUT2D eigenvalue weighted by Gasteiger charge is 2.32. The maximum Gasteiger partial charge on any atom is 0.319 e. The van der Waals surface area contributed by atoms with Gasteiger partial charge in [-0.25, -0.2) is 0 Å². The minimum atomic E-state index is -1.05. The highest BCUT2D eigenvalue weighted by atomic mass is 32.2. The molecule has 0 aliphatic heterocycles. The molecular formula is C13H17NO5S. The summed E-state index contributed by atoms with van der Waals surface area (Å²) < 4.78 is 3.95. The maximum atomic E-state index is 11.2. The van der Waals surface area contributed by atoms with Gasteiger partial charge in [0, 0.05) is 10.5 Å². The summed E-state index contributed by atoms with van der Waals surface area (Å²) in [4.78, 5) is 21.8. The minimum absolute atomic E-state index is 0.0959. The Hall–Kier alpha value is -1.76. The second kappa shape index (κ2) is 6.60. The third kappa shape index (κ3) is 4.12. The summed E-state index contributed by atoms with van der Waals surface area (Å²) in [6.07, 6.45) is 0. The molecule has 110 valence electrons. The van der Waals surface area contributed by atoms with E-state index in [-0.39, 0.29) is 5.75 Å². The predicted molar refractivity (Wildman–Crippen MR) is 76.9 cm³/mol. The molecule has 0 heterocycles. The Morgan fingerprint density at radius 3 is 2.40 bits per heavy atom. The first-order chi connectivity index (χ1) is 9.27. The van der Waals surface area contributed by atoms with E-state index in [2.05, 4.69) is 0 Å². The van der Waals surface area contributed by atoms with Crippen LogP contribution in [0, 0.1) is 10.1 Å². The molecular weight excluding hydrogens is 282 g/mol. The topological polar surface area (TPSA) is 89.7 Å². The molecule has 1 atom stereocenters. The van der Waals surface area contributed by atoms with E-state index in [9.17, 15) is 14.9 Å². The summed E-state index contributed by atoms with van der Waals surface area (Å²) in [7, 11) is 1.52. The monoisotopic (exact) mass is 299 g/mol. The molecule has 1 aromatic carbocycles. The van der Waals surface area contributed by atoms with Gasteiger partial charge in [0.05, 0.1) is 12.9 Å². The van der Waals surface area contributed by atoms with Crippen LogP contribution in [0.2, 0.25) is 0 Å². The summed E-state index contributed by atoms with van der Waals surface area (Å²) in [5, 5.41) is 20.2. The second-order valence-electron chi connectivity index (χ2n) is 4.70. The average molecular weight is 299 g/mol. The highest BCUT2D eigenvalue weighted by molar-refractivity contribution is 8.01. The summed E-state index contributed by atoms with van der Waals surface area (Å²) in [6.45, 7) is 3.07. The van der Waals surface area contributed by atoms with Gasteiger partial charge in [0.15, 0.2) is 0 Å². The first kappa shape index (κ1) is 16.3. The lowest BCUT2D eigenvalue weighted by molar-refractivity contribution is -0.522. The quantitative estimate of drug-likeness (QED) is 0.615. The van der Waals surface area contributed by atoms with Crippen LogP contribution in [0.15, 0.2) is 24.3 Å². The van der Waals surface area contributed by atoms with Gasteiger partial charge in [0.25, 0.3) is 0 Å². The molecule has 1 aromatic rings. The van der Waals surface area contributed by atoms with Gasteiger partial charge in [-0.15, -0.1) is 11.8 Å². The Balaban J connectivity index is 2.84.